The van der Waals surface area contributed by atoms with Crippen LogP contribution in [0, 0.1) is 6.92 Å². The minimum Gasteiger partial charge on any atom is -0.382 e. The van der Waals surface area contributed by atoms with Gasteiger partial charge in [-0.1, -0.05) is 0 Å². The van der Waals surface area contributed by atoms with Gasteiger partial charge in [0, 0.05) is 38.3 Å². The molecule has 6 nitrogen and oxygen atoms in total. The van der Waals surface area contributed by atoms with E-state index in [1.165, 1.54) is 0 Å². The summed E-state index contributed by atoms with van der Waals surface area (Å²) in [5.74, 6) is 0.891. The number of halogens is 1. The topological polar surface area (TPSA) is 59.0 Å². The largest absolute Gasteiger partial charge is 0.382 e. The zero-order chi connectivity index (χ0) is 14.4. The summed E-state index contributed by atoms with van der Waals surface area (Å²) in [5, 5.41) is 6.49. The highest BCUT2D eigenvalue weighted by Gasteiger charge is 2.22. The fraction of sp³-hybridized carbons (Fsp3) is 0.692. The number of morpholine rings is 1. The van der Waals surface area contributed by atoms with Gasteiger partial charge >= 0.3 is 0 Å². The smallest absolute Gasteiger partial charge is 0.194 e. The van der Waals surface area contributed by atoms with Gasteiger partial charge in [0.15, 0.2) is 5.96 Å². The summed E-state index contributed by atoms with van der Waals surface area (Å²) in [6, 6.07) is 0. The van der Waals surface area contributed by atoms with E-state index in [1.54, 1.807) is 25.5 Å². The average molecular weight is 426 g/mol. The second-order valence-corrected chi connectivity index (χ2v) is 5.62. The van der Waals surface area contributed by atoms with Crippen LogP contribution in [0.2, 0.25) is 0 Å². The molecule has 2 heterocycles. The van der Waals surface area contributed by atoms with Crippen molar-refractivity contribution < 1.29 is 9.47 Å². The van der Waals surface area contributed by atoms with Gasteiger partial charge in [-0.25, -0.2) is 4.98 Å². The fourth-order valence-electron chi connectivity index (χ4n) is 2.17. The molecule has 0 radical (unpaired) electrons. The Hall–Kier alpha value is -0.450. The number of methoxy groups -OCH3 is 1. The van der Waals surface area contributed by atoms with Gasteiger partial charge in [0.25, 0.3) is 0 Å². The monoisotopic (exact) mass is 426 g/mol. The number of nitrogens with zero attached hydrogens (tertiary/aromatic N) is 3. The molecule has 1 N–H and O–H groups in total. The fourth-order valence-corrected chi connectivity index (χ4v) is 2.88. The Morgan fingerprint density at radius 3 is 3.10 bits per heavy atom. The molecular weight excluding hydrogens is 403 g/mol. The van der Waals surface area contributed by atoms with Crippen molar-refractivity contribution in [1.82, 2.24) is 15.2 Å². The summed E-state index contributed by atoms with van der Waals surface area (Å²) >= 11 is 1.67. The first-order valence-corrected chi connectivity index (χ1v) is 7.58. The van der Waals surface area contributed by atoms with Crippen LogP contribution in [0.25, 0.3) is 0 Å². The molecule has 21 heavy (non-hydrogen) atoms. The molecule has 120 valence electrons. The van der Waals surface area contributed by atoms with Crippen molar-refractivity contribution in [2.75, 3.05) is 40.5 Å². The molecule has 0 amide bonds. The molecule has 2 rings (SSSR count). The predicted molar refractivity (Wildman–Crippen MR) is 95.7 cm³/mol. The van der Waals surface area contributed by atoms with Crippen LogP contribution in [0.1, 0.15) is 10.7 Å². The molecule has 1 aliphatic rings. The van der Waals surface area contributed by atoms with E-state index in [1.807, 2.05) is 6.92 Å². The molecule has 0 saturated carbocycles. The highest BCUT2D eigenvalue weighted by molar-refractivity contribution is 14.0. The van der Waals surface area contributed by atoms with E-state index in [2.05, 4.69) is 25.6 Å². The Morgan fingerprint density at radius 2 is 2.48 bits per heavy atom. The molecule has 1 aliphatic heterocycles. The van der Waals surface area contributed by atoms with E-state index < -0.39 is 0 Å². The maximum Gasteiger partial charge on any atom is 0.194 e. The standard InChI is InChI=1S/C13H22N4O2S.HI/c1-10-9-20-12(16-10)6-15-13(14-2)17-4-5-19-11(7-17)8-18-3;/h9,11H,4-8H2,1-3H3,(H,14,15);1H. The minimum absolute atomic E-state index is 0. The lowest BCUT2D eigenvalue weighted by molar-refractivity contribution is -0.0447. The summed E-state index contributed by atoms with van der Waals surface area (Å²) in [6.45, 7) is 5.66. The third kappa shape index (κ3) is 5.68. The van der Waals surface area contributed by atoms with Crippen molar-refractivity contribution in [3.8, 4) is 0 Å². The number of aliphatic imine (C=N–C) groups is 1. The third-order valence-electron chi connectivity index (χ3n) is 3.07. The first-order chi connectivity index (χ1) is 9.72. The molecule has 1 aromatic rings. The Morgan fingerprint density at radius 1 is 1.67 bits per heavy atom. The van der Waals surface area contributed by atoms with Crippen LogP contribution in [0.4, 0.5) is 0 Å². The quantitative estimate of drug-likeness (QED) is 0.449. The molecule has 1 fully saturated rings. The van der Waals surface area contributed by atoms with Gasteiger partial charge in [-0.2, -0.15) is 0 Å². The van der Waals surface area contributed by atoms with Gasteiger partial charge in [0.05, 0.1) is 25.9 Å². The lowest BCUT2D eigenvalue weighted by Crippen LogP contribution is -2.51. The van der Waals surface area contributed by atoms with Crippen LogP contribution in [0.5, 0.6) is 0 Å². The lowest BCUT2D eigenvalue weighted by atomic mass is 10.3. The van der Waals surface area contributed by atoms with Crippen molar-refractivity contribution >= 4 is 41.3 Å². The molecule has 0 aromatic carbocycles. The van der Waals surface area contributed by atoms with Crippen molar-refractivity contribution in [3.05, 3.63) is 16.1 Å². The summed E-state index contributed by atoms with van der Waals surface area (Å²) in [6.07, 6.45) is 0.106. The number of aromatic nitrogens is 1. The molecular formula is C13H23IN4O2S. The van der Waals surface area contributed by atoms with E-state index in [9.17, 15) is 0 Å². The maximum atomic E-state index is 5.65. The second-order valence-electron chi connectivity index (χ2n) is 4.68. The number of thiazole rings is 1. The first kappa shape index (κ1) is 18.6. The molecule has 1 unspecified atom stereocenters. The molecule has 1 saturated heterocycles. The molecule has 1 atom stereocenters. The number of hydrogen-bond donors (Lipinski definition) is 1. The van der Waals surface area contributed by atoms with Crippen LogP contribution in [-0.4, -0.2) is 62.4 Å². The van der Waals surface area contributed by atoms with Crippen LogP contribution in [-0.2, 0) is 16.0 Å². The number of ether oxygens (including phenoxy) is 2. The van der Waals surface area contributed by atoms with Gasteiger partial charge in [0.2, 0.25) is 0 Å². The third-order valence-corrected chi connectivity index (χ3v) is 4.03. The van der Waals surface area contributed by atoms with E-state index in [-0.39, 0.29) is 30.1 Å². The Kier molecular flexibility index (Phi) is 8.45. The zero-order valence-corrected chi connectivity index (χ0v) is 15.8. The van der Waals surface area contributed by atoms with Crippen LogP contribution in [0.3, 0.4) is 0 Å². The number of aryl methyl sites for hydroxylation is 1. The van der Waals surface area contributed by atoms with E-state index in [0.717, 1.165) is 29.8 Å². The summed E-state index contributed by atoms with van der Waals surface area (Å²) < 4.78 is 10.8. The van der Waals surface area contributed by atoms with Crippen molar-refractivity contribution in [1.29, 1.82) is 0 Å². The average Bonchev–Trinajstić information content (AvgIpc) is 2.86. The maximum absolute atomic E-state index is 5.65. The zero-order valence-electron chi connectivity index (χ0n) is 12.7. The Bertz CT molecular complexity index is 453. The van der Waals surface area contributed by atoms with Gasteiger partial charge in [-0.15, -0.1) is 35.3 Å². The summed E-state index contributed by atoms with van der Waals surface area (Å²) in [7, 11) is 3.50. The predicted octanol–water partition coefficient (Wildman–Crippen LogP) is 1.49. The van der Waals surface area contributed by atoms with Gasteiger partial charge in [0.1, 0.15) is 5.01 Å². The highest BCUT2D eigenvalue weighted by Crippen LogP contribution is 2.09. The van der Waals surface area contributed by atoms with Gasteiger partial charge in [-0.05, 0) is 6.92 Å². The van der Waals surface area contributed by atoms with Gasteiger partial charge in [-0.3, -0.25) is 4.99 Å². The normalized spacial score (nSPS) is 19.3. The number of rotatable bonds is 4. The Balaban J connectivity index is 0.00000220. The summed E-state index contributed by atoms with van der Waals surface area (Å²) in [5.41, 5.74) is 1.06. The number of guanidine groups is 1. The van der Waals surface area contributed by atoms with Crippen LogP contribution >= 0.6 is 35.3 Å². The molecule has 0 aliphatic carbocycles. The molecule has 0 spiro atoms. The highest BCUT2D eigenvalue weighted by atomic mass is 127. The molecule has 8 heteroatoms. The second kappa shape index (κ2) is 9.54. The van der Waals surface area contributed by atoms with Gasteiger partial charge < -0.3 is 19.7 Å². The molecule has 0 bridgehead atoms. The first-order valence-electron chi connectivity index (χ1n) is 6.70. The van der Waals surface area contributed by atoms with E-state index in [4.69, 9.17) is 9.47 Å². The Labute approximate surface area is 147 Å². The van der Waals surface area contributed by atoms with E-state index in [0.29, 0.717) is 19.8 Å². The van der Waals surface area contributed by atoms with Crippen molar-refractivity contribution in [2.45, 2.75) is 19.6 Å². The number of nitrogens with one attached hydrogen (secondary N) is 1. The summed E-state index contributed by atoms with van der Waals surface area (Å²) in [4.78, 5) is 11.0. The SMILES string of the molecule is CN=C(NCc1nc(C)cs1)N1CCOC(COC)C1.I. The minimum atomic E-state index is 0. The van der Waals surface area contributed by atoms with Crippen LogP contribution in [0.15, 0.2) is 10.4 Å². The van der Waals surface area contributed by atoms with Crippen molar-refractivity contribution in [2.24, 2.45) is 4.99 Å². The number of hydrogen-bond acceptors (Lipinski definition) is 5. The van der Waals surface area contributed by atoms with E-state index >= 15 is 0 Å². The lowest BCUT2D eigenvalue weighted by Gasteiger charge is -2.34. The van der Waals surface area contributed by atoms with Crippen molar-refractivity contribution in [3.63, 3.8) is 0 Å². The van der Waals surface area contributed by atoms with Crippen LogP contribution < -0.4 is 5.32 Å². The molecule has 1 aromatic heterocycles.